The first kappa shape index (κ1) is 25.3. The van der Waals surface area contributed by atoms with E-state index in [1.807, 2.05) is 17.0 Å². The minimum atomic E-state index is -0.824. The molecule has 194 valence electrons. The Labute approximate surface area is 222 Å². The second kappa shape index (κ2) is 10.2. The molecule has 9 nitrogen and oxygen atoms in total. The van der Waals surface area contributed by atoms with Crippen molar-refractivity contribution in [2.45, 2.75) is 25.7 Å². The molecular weight excluding hydrogens is 513 g/mol. The number of halogens is 2. The van der Waals surface area contributed by atoms with Crippen LogP contribution in [0.5, 0.6) is 0 Å². The van der Waals surface area contributed by atoms with Gasteiger partial charge in [-0.1, -0.05) is 23.7 Å². The standard InChI is InChI=1S/C27H23ClFN5O4/c1-16-22(34(37)38)9-8-21(29)24(16)26(35)31-19-6-4-17(5-7-19)18-10-13-32(14-11-18)27(36)23-15-30-25-20(28)3-2-12-33(23)25/h2-9,12,15,18H,10-11,13-14H2,1H3,(H,31,35). The normalized spacial score (nSPS) is 14.0. The molecule has 1 saturated heterocycles. The molecule has 4 aromatic rings. The van der Waals surface area contributed by atoms with Crippen LogP contribution in [0.25, 0.3) is 5.65 Å². The molecule has 38 heavy (non-hydrogen) atoms. The maximum absolute atomic E-state index is 14.3. The van der Waals surface area contributed by atoms with Crippen molar-refractivity contribution in [2.24, 2.45) is 0 Å². The Balaban J connectivity index is 1.23. The first-order chi connectivity index (χ1) is 18.2. The maximum Gasteiger partial charge on any atom is 0.273 e. The number of piperidine rings is 1. The van der Waals surface area contributed by atoms with E-state index in [0.717, 1.165) is 30.5 Å². The topological polar surface area (TPSA) is 110 Å². The number of likely N-dealkylation sites (tertiary alicyclic amines) is 1. The van der Waals surface area contributed by atoms with Gasteiger partial charge in [-0.2, -0.15) is 0 Å². The van der Waals surface area contributed by atoms with Gasteiger partial charge in [0, 0.05) is 36.6 Å². The summed E-state index contributed by atoms with van der Waals surface area (Å²) >= 11 is 6.18. The number of rotatable bonds is 5. The molecule has 0 bridgehead atoms. The number of carbonyl (C=O) groups excluding carboxylic acids is 2. The number of anilines is 1. The summed E-state index contributed by atoms with van der Waals surface area (Å²) in [4.78, 5) is 42.4. The van der Waals surface area contributed by atoms with Gasteiger partial charge in [-0.25, -0.2) is 9.37 Å². The molecule has 2 amide bonds. The number of nitro benzene ring substituents is 1. The van der Waals surface area contributed by atoms with Crippen LogP contribution in [0.3, 0.4) is 0 Å². The third-order valence-corrected chi connectivity index (χ3v) is 7.23. The summed E-state index contributed by atoms with van der Waals surface area (Å²) in [5, 5.41) is 14.3. The second-order valence-corrected chi connectivity index (χ2v) is 9.57. The summed E-state index contributed by atoms with van der Waals surface area (Å²) < 4.78 is 16.0. The molecule has 2 aromatic carbocycles. The molecule has 1 aliphatic rings. The van der Waals surface area contributed by atoms with Crippen molar-refractivity contribution in [3.05, 3.63) is 104 Å². The Morgan fingerprint density at radius 1 is 1.13 bits per heavy atom. The molecule has 0 atom stereocenters. The number of fused-ring (bicyclic) bond motifs is 1. The van der Waals surface area contributed by atoms with Crippen LogP contribution in [0, 0.1) is 22.9 Å². The first-order valence-corrected chi connectivity index (χ1v) is 12.4. The number of benzene rings is 2. The molecule has 1 aliphatic heterocycles. The van der Waals surface area contributed by atoms with E-state index in [4.69, 9.17) is 11.6 Å². The van der Waals surface area contributed by atoms with Gasteiger partial charge >= 0.3 is 0 Å². The Hall–Kier alpha value is -4.31. The first-order valence-electron chi connectivity index (χ1n) is 12.0. The van der Waals surface area contributed by atoms with Gasteiger partial charge in [-0.15, -0.1) is 0 Å². The minimum Gasteiger partial charge on any atom is -0.337 e. The van der Waals surface area contributed by atoms with Crippen LogP contribution in [0.1, 0.15) is 50.7 Å². The largest absolute Gasteiger partial charge is 0.337 e. The fourth-order valence-electron chi connectivity index (χ4n) is 4.89. The SMILES string of the molecule is Cc1c([N+](=O)[O-])ccc(F)c1C(=O)Nc1ccc(C2CCN(C(=O)c3cnc4c(Cl)cccn34)CC2)cc1. The van der Waals surface area contributed by atoms with Gasteiger partial charge in [-0.05, 0) is 61.6 Å². The van der Waals surface area contributed by atoms with Crippen molar-refractivity contribution in [3.63, 3.8) is 0 Å². The van der Waals surface area contributed by atoms with E-state index in [-0.39, 0.29) is 28.6 Å². The molecule has 0 unspecified atom stereocenters. The number of hydrogen-bond donors (Lipinski definition) is 1. The highest BCUT2D eigenvalue weighted by molar-refractivity contribution is 6.33. The predicted octanol–water partition coefficient (Wildman–Crippen LogP) is 5.62. The van der Waals surface area contributed by atoms with Crippen LogP contribution in [-0.4, -0.2) is 44.1 Å². The number of aromatic nitrogens is 2. The summed E-state index contributed by atoms with van der Waals surface area (Å²) in [6.07, 6.45) is 4.85. The average molecular weight is 536 g/mol. The minimum absolute atomic E-state index is 0.0301. The summed E-state index contributed by atoms with van der Waals surface area (Å²) in [5.41, 5.74) is 1.82. The van der Waals surface area contributed by atoms with Crippen molar-refractivity contribution in [1.82, 2.24) is 14.3 Å². The van der Waals surface area contributed by atoms with Crippen molar-refractivity contribution in [1.29, 1.82) is 0 Å². The van der Waals surface area contributed by atoms with E-state index in [0.29, 0.717) is 35.1 Å². The van der Waals surface area contributed by atoms with Gasteiger partial charge < -0.3 is 10.2 Å². The number of amides is 2. The van der Waals surface area contributed by atoms with Crippen LogP contribution >= 0.6 is 11.6 Å². The lowest BCUT2D eigenvalue weighted by atomic mass is 9.89. The molecule has 3 heterocycles. The van der Waals surface area contributed by atoms with E-state index in [9.17, 15) is 24.1 Å². The molecular formula is C27H23ClFN5O4. The Morgan fingerprint density at radius 2 is 1.84 bits per heavy atom. The van der Waals surface area contributed by atoms with Crippen LogP contribution < -0.4 is 5.32 Å². The van der Waals surface area contributed by atoms with Gasteiger partial charge in [0.15, 0.2) is 5.65 Å². The van der Waals surface area contributed by atoms with E-state index in [1.165, 1.54) is 6.92 Å². The van der Waals surface area contributed by atoms with Crippen molar-refractivity contribution < 1.29 is 18.9 Å². The van der Waals surface area contributed by atoms with E-state index >= 15 is 0 Å². The number of pyridine rings is 1. The van der Waals surface area contributed by atoms with Crippen LogP contribution in [0.15, 0.2) is 60.9 Å². The van der Waals surface area contributed by atoms with Gasteiger partial charge in [0.1, 0.15) is 11.5 Å². The maximum atomic E-state index is 14.3. The predicted molar refractivity (Wildman–Crippen MR) is 140 cm³/mol. The molecule has 0 aliphatic carbocycles. The van der Waals surface area contributed by atoms with Crippen LogP contribution in [0.4, 0.5) is 15.8 Å². The number of nitro groups is 1. The molecule has 2 aromatic heterocycles. The molecule has 11 heteroatoms. The molecule has 1 fully saturated rings. The second-order valence-electron chi connectivity index (χ2n) is 9.16. The van der Waals surface area contributed by atoms with E-state index < -0.39 is 16.6 Å². The van der Waals surface area contributed by atoms with Gasteiger partial charge in [0.2, 0.25) is 0 Å². The highest BCUT2D eigenvalue weighted by atomic mass is 35.5. The summed E-state index contributed by atoms with van der Waals surface area (Å²) in [5.74, 6) is -1.44. The molecule has 0 spiro atoms. The lowest BCUT2D eigenvalue weighted by Crippen LogP contribution is -2.38. The fourth-order valence-corrected chi connectivity index (χ4v) is 5.10. The molecule has 1 N–H and O–H groups in total. The van der Waals surface area contributed by atoms with Gasteiger partial charge in [0.25, 0.3) is 17.5 Å². The zero-order valence-electron chi connectivity index (χ0n) is 20.4. The number of carbonyl (C=O) groups is 2. The Kier molecular flexibility index (Phi) is 6.81. The molecule has 0 saturated carbocycles. The highest BCUT2D eigenvalue weighted by Crippen LogP contribution is 2.30. The van der Waals surface area contributed by atoms with Gasteiger partial charge in [-0.3, -0.25) is 24.1 Å². The fraction of sp³-hybridized carbons (Fsp3) is 0.222. The van der Waals surface area contributed by atoms with E-state index in [2.05, 4.69) is 10.3 Å². The summed E-state index contributed by atoms with van der Waals surface area (Å²) in [6, 6.07) is 12.7. The Morgan fingerprint density at radius 3 is 2.53 bits per heavy atom. The third-order valence-electron chi connectivity index (χ3n) is 6.94. The third kappa shape index (κ3) is 4.70. The van der Waals surface area contributed by atoms with Crippen molar-refractivity contribution >= 4 is 40.4 Å². The summed E-state index contributed by atoms with van der Waals surface area (Å²) in [6.45, 7) is 2.52. The zero-order chi connectivity index (χ0) is 27.0. The lowest BCUT2D eigenvalue weighted by Gasteiger charge is -2.32. The van der Waals surface area contributed by atoms with E-state index in [1.54, 1.807) is 41.1 Å². The monoisotopic (exact) mass is 535 g/mol. The lowest BCUT2D eigenvalue weighted by molar-refractivity contribution is -0.385. The number of nitrogens with one attached hydrogen (secondary N) is 1. The van der Waals surface area contributed by atoms with Crippen molar-refractivity contribution in [3.8, 4) is 0 Å². The number of hydrogen-bond acceptors (Lipinski definition) is 5. The molecule has 5 rings (SSSR count). The Bertz CT molecular complexity index is 1560. The highest BCUT2D eigenvalue weighted by Gasteiger charge is 2.27. The quantitative estimate of drug-likeness (QED) is 0.263. The zero-order valence-corrected chi connectivity index (χ0v) is 21.1. The smallest absolute Gasteiger partial charge is 0.273 e. The number of imidazole rings is 1. The van der Waals surface area contributed by atoms with Gasteiger partial charge in [0.05, 0.1) is 21.7 Å². The van der Waals surface area contributed by atoms with Crippen LogP contribution in [0.2, 0.25) is 5.02 Å². The van der Waals surface area contributed by atoms with Crippen LogP contribution in [-0.2, 0) is 0 Å². The summed E-state index contributed by atoms with van der Waals surface area (Å²) in [7, 11) is 0. The molecule has 0 radical (unpaired) electrons. The number of nitrogens with zero attached hydrogens (tertiary/aromatic N) is 4. The average Bonchev–Trinajstić information content (AvgIpc) is 3.34. The van der Waals surface area contributed by atoms with Crippen molar-refractivity contribution in [2.75, 3.05) is 18.4 Å².